The Morgan fingerprint density at radius 2 is 1.96 bits per heavy atom. The molecule has 1 saturated carbocycles. The van der Waals surface area contributed by atoms with Gasteiger partial charge < -0.3 is 9.64 Å². The molecule has 1 fully saturated rings. The van der Waals surface area contributed by atoms with Crippen molar-refractivity contribution in [1.29, 1.82) is 0 Å². The summed E-state index contributed by atoms with van der Waals surface area (Å²) < 4.78 is 6.28. The van der Waals surface area contributed by atoms with Gasteiger partial charge in [0.15, 0.2) is 0 Å². The van der Waals surface area contributed by atoms with Gasteiger partial charge in [-0.2, -0.15) is 0 Å². The van der Waals surface area contributed by atoms with Crippen LogP contribution in [0.1, 0.15) is 53.5 Å². The summed E-state index contributed by atoms with van der Waals surface area (Å²) in [5.41, 5.74) is 7.22. The first-order valence-corrected chi connectivity index (χ1v) is 10.8. The second kappa shape index (κ2) is 8.39. The third-order valence-electron chi connectivity index (χ3n) is 5.40. The largest absolute Gasteiger partial charge is 0.489 e. The van der Waals surface area contributed by atoms with E-state index in [1.807, 2.05) is 19.4 Å². The lowest BCUT2D eigenvalue weighted by Gasteiger charge is -2.23. The summed E-state index contributed by atoms with van der Waals surface area (Å²) >= 11 is 1.24. The molecule has 4 heteroatoms. The minimum atomic E-state index is 0.0449. The lowest BCUT2D eigenvalue weighted by Crippen LogP contribution is -2.23. The van der Waals surface area contributed by atoms with Crippen molar-refractivity contribution in [2.75, 3.05) is 18.2 Å². The summed E-state index contributed by atoms with van der Waals surface area (Å²) in [5.74, 6) is 1.53. The molecule has 0 saturated heterocycles. The van der Waals surface area contributed by atoms with E-state index in [0.29, 0.717) is 12.5 Å². The Bertz CT molecular complexity index is 843. The van der Waals surface area contributed by atoms with Gasteiger partial charge in [0.1, 0.15) is 12.4 Å². The summed E-state index contributed by atoms with van der Waals surface area (Å²) in [6, 6.07) is 10.6. The maximum absolute atomic E-state index is 12.3. The Labute approximate surface area is 167 Å². The fraction of sp³-hybridized carbons (Fsp3) is 0.435. The fourth-order valence-corrected chi connectivity index (χ4v) is 3.98. The van der Waals surface area contributed by atoms with Crippen LogP contribution in [-0.4, -0.2) is 18.5 Å². The number of carbonyl (C=O) groups is 1. The molecule has 2 aromatic carbocycles. The first-order chi connectivity index (χ1) is 13.0. The van der Waals surface area contributed by atoms with Crippen LogP contribution in [0, 0.1) is 13.8 Å². The van der Waals surface area contributed by atoms with Crippen molar-refractivity contribution in [3.63, 3.8) is 0 Å². The number of rotatable bonds is 6. The molecule has 0 aliphatic heterocycles. The van der Waals surface area contributed by atoms with Crippen LogP contribution in [0.4, 0.5) is 10.5 Å². The minimum absolute atomic E-state index is 0.0449. The highest BCUT2D eigenvalue weighted by atomic mass is 32.2. The number of anilines is 1. The van der Waals surface area contributed by atoms with Crippen molar-refractivity contribution >= 4 is 22.7 Å². The van der Waals surface area contributed by atoms with Gasteiger partial charge in [0.25, 0.3) is 5.24 Å². The molecule has 0 radical (unpaired) electrons. The van der Waals surface area contributed by atoms with Crippen molar-refractivity contribution in [1.82, 2.24) is 0 Å². The molecule has 1 amide bonds. The number of ether oxygens (including phenoxy) is 1. The minimum Gasteiger partial charge on any atom is -0.489 e. The maximum atomic E-state index is 12.3. The maximum Gasteiger partial charge on any atom is 0.285 e. The topological polar surface area (TPSA) is 29.5 Å². The molecular formula is C23H29NO2S. The highest BCUT2D eigenvalue weighted by Gasteiger charge is 2.28. The number of nitrogens with zero attached hydrogens (tertiary/aromatic N) is 1. The Morgan fingerprint density at radius 1 is 1.22 bits per heavy atom. The summed E-state index contributed by atoms with van der Waals surface area (Å²) in [4.78, 5) is 14.0. The predicted molar refractivity (Wildman–Crippen MR) is 115 cm³/mol. The lowest BCUT2D eigenvalue weighted by atomic mass is 10.0. The molecule has 144 valence electrons. The average molecular weight is 384 g/mol. The van der Waals surface area contributed by atoms with E-state index in [-0.39, 0.29) is 5.24 Å². The summed E-state index contributed by atoms with van der Waals surface area (Å²) in [5, 5.41) is 0.0449. The Morgan fingerprint density at radius 3 is 2.59 bits per heavy atom. The van der Waals surface area contributed by atoms with Gasteiger partial charge in [0.2, 0.25) is 0 Å². The van der Waals surface area contributed by atoms with Gasteiger partial charge in [0, 0.05) is 12.6 Å². The fourth-order valence-electron chi connectivity index (χ4n) is 3.61. The van der Waals surface area contributed by atoms with Crippen molar-refractivity contribution in [3.05, 3.63) is 58.1 Å². The van der Waals surface area contributed by atoms with Crippen LogP contribution >= 0.6 is 11.8 Å². The highest BCUT2D eigenvalue weighted by Crippen LogP contribution is 2.44. The van der Waals surface area contributed by atoms with Gasteiger partial charge in [-0.05, 0) is 79.7 Å². The number of thioether (sulfide) groups is 1. The van der Waals surface area contributed by atoms with Crippen molar-refractivity contribution in [2.24, 2.45) is 0 Å². The summed E-state index contributed by atoms with van der Waals surface area (Å²) in [6.45, 7) is 6.91. The van der Waals surface area contributed by atoms with E-state index >= 15 is 0 Å². The van der Waals surface area contributed by atoms with Gasteiger partial charge in [-0.15, -0.1) is 0 Å². The third kappa shape index (κ3) is 4.32. The number of benzene rings is 2. The lowest BCUT2D eigenvalue weighted by molar-refractivity contribution is 0.266. The van der Waals surface area contributed by atoms with Gasteiger partial charge >= 0.3 is 0 Å². The molecule has 0 atom stereocenters. The van der Waals surface area contributed by atoms with Gasteiger partial charge in [-0.1, -0.05) is 36.9 Å². The molecule has 2 aromatic rings. The van der Waals surface area contributed by atoms with Crippen molar-refractivity contribution in [3.8, 4) is 5.75 Å². The van der Waals surface area contributed by atoms with Crippen LogP contribution < -0.4 is 9.64 Å². The molecule has 27 heavy (non-hydrogen) atoms. The molecule has 0 N–H and O–H groups in total. The average Bonchev–Trinajstić information content (AvgIpc) is 3.52. The first kappa shape index (κ1) is 19.8. The number of aryl methyl sites for hydroxylation is 3. The van der Waals surface area contributed by atoms with Crippen LogP contribution in [0.3, 0.4) is 0 Å². The van der Waals surface area contributed by atoms with E-state index in [1.165, 1.54) is 41.3 Å². The van der Waals surface area contributed by atoms with E-state index in [4.69, 9.17) is 4.74 Å². The standard InChI is InChI=1S/C23H29NO2S/c1-6-17-12-16(3)22(13-15(17)2)26-14-20-19(18-10-11-18)8-7-9-21(20)24(4)23(25)27-5/h7-9,12-13,18H,6,10-11,14H2,1-5H3. The molecule has 0 unspecified atom stereocenters. The molecule has 0 heterocycles. The number of carbonyl (C=O) groups excluding carboxylic acids is 1. The zero-order valence-electron chi connectivity index (χ0n) is 17.0. The first-order valence-electron chi connectivity index (χ1n) is 9.62. The molecule has 0 bridgehead atoms. The Hall–Kier alpha value is -1.94. The van der Waals surface area contributed by atoms with Crippen molar-refractivity contribution < 1.29 is 9.53 Å². The zero-order valence-corrected chi connectivity index (χ0v) is 17.8. The molecular weight excluding hydrogens is 354 g/mol. The van der Waals surface area contributed by atoms with E-state index in [2.05, 4.69) is 45.0 Å². The number of amides is 1. The summed E-state index contributed by atoms with van der Waals surface area (Å²) in [7, 11) is 1.85. The molecule has 3 nitrogen and oxygen atoms in total. The second-order valence-electron chi connectivity index (χ2n) is 7.33. The molecule has 0 aromatic heterocycles. The van der Waals surface area contributed by atoms with Gasteiger partial charge in [-0.25, -0.2) is 0 Å². The van der Waals surface area contributed by atoms with Crippen LogP contribution in [0.25, 0.3) is 0 Å². The van der Waals surface area contributed by atoms with E-state index in [0.717, 1.165) is 29.0 Å². The van der Waals surface area contributed by atoms with Crippen LogP contribution in [0.2, 0.25) is 0 Å². The summed E-state index contributed by atoms with van der Waals surface area (Å²) in [6.07, 6.45) is 5.30. The van der Waals surface area contributed by atoms with Gasteiger partial charge in [-0.3, -0.25) is 4.79 Å². The molecule has 1 aliphatic rings. The zero-order chi connectivity index (χ0) is 19.6. The normalized spacial score (nSPS) is 13.5. The molecule has 1 aliphatic carbocycles. The molecule has 3 rings (SSSR count). The predicted octanol–water partition coefficient (Wildman–Crippen LogP) is 6.24. The smallest absolute Gasteiger partial charge is 0.285 e. The molecule has 0 spiro atoms. The Balaban J connectivity index is 1.92. The number of hydrogen-bond acceptors (Lipinski definition) is 3. The van der Waals surface area contributed by atoms with E-state index < -0.39 is 0 Å². The van der Waals surface area contributed by atoms with Crippen LogP contribution in [-0.2, 0) is 13.0 Å². The van der Waals surface area contributed by atoms with E-state index in [9.17, 15) is 4.79 Å². The highest BCUT2D eigenvalue weighted by molar-refractivity contribution is 8.13. The van der Waals surface area contributed by atoms with Crippen molar-refractivity contribution in [2.45, 2.75) is 52.6 Å². The quantitative estimate of drug-likeness (QED) is 0.591. The van der Waals surface area contributed by atoms with Crippen LogP contribution in [0.15, 0.2) is 30.3 Å². The Kier molecular flexibility index (Phi) is 6.15. The number of hydrogen-bond donors (Lipinski definition) is 0. The van der Waals surface area contributed by atoms with E-state index in [1.54, 1.807) is 4.90 Å². The second-order valence-corrected chi connectivity index (χ2v) is 8.09. The third-order valence-corrected chi connectivity index (χ3v) is 6.02. The monoisotopic (exact) mass is 383 g/mol. The van der Waals surface area contributed by atoms with Crippen LogP contribution in [0.5, 0.6) is 5.75 Å². The SMILES string of the molecule is CCc1cc(C)c(OCc2c(C3CC3)cccc2N(C)C(=O)SC)cc1C. The van der Waals surface area contributed by atoms with Gasteiger partial charge in [0.05, 0.1) is 5.69 Å².